The van der Waals surface area contributed by atoms with Crippen molar-refractivity contribution >= 4 is 11.8 Å². The van der Waals surface area contributed by atoms with Gasteiger partial charge in [0.1, 0.15) is 5.82 Å². The van der Waals surface area contributed by atoms with Gasteiger partial charge in [0.2, 0.25) is 5.91 Å². The number of nitrogens with zero attached hydrogens (tertiary/aromatic N) is 1. The summed E-state index contributed by atoms with van der Waals surface area (Å²) < 4.78 is 18.5. The summed E-state index contributed by atoms with van der Waals surface area (Å²) in [6, 6.07) is 13.6. The van der Waals surface area contributed by atoms with E-state index in [1.165, 1.54) is 12.1 Å². The number of carbonyl (C=O) groups excluding carboxylic acids is 2. The van der Waals surface area contributed by atoms with Gasteiger partial charge in [-0.2, -0.15) is 0 Å². The highest BCUT2D eigenvalue weighted by Crippen LogP contribution is 2.49. The van der Waals surface area contributed by atoms with Crippen LogP contribution < -0.4 is 5.32 Å². The lowest BCUT2D eigenvalue weighted by Crippen LogP contribution is -2.63. The van der Waals surface area contributed by atoms with Gasteiger partial charge in [-0.05, 0) is 42.2 Å². The van der Waals surface area contributed by atoms with E-state index in [1.807, 2.05) is 29.2 Å². The zero-order valence-electron chi connectivity index (χ0n) is 17.9. The van der Waals surface area contributed by atoms with Crippen LogP contribution in [0.1, 0.15) is 59.5 Å². The fraction of sp³-hybridized carbons (Fsp3) is 0.440. The quantitative estimate of drug-likeness (QED) is 0.762. The Labute approximate surface area is 182 Å². The van der Waals surface area contributed by atoms with Crippen molar-refractivity contribution in [1.82, 2.24) is 10.2 Å². The van der Waals surface area contributed by atoms with Gasteiger partial charge in [0.15, 0.2) is 0 Å². The third-order valence-corrected chi connectivity index (χ3v) is 6.70. The first-order chi connectivity index (χ1) is 15.1. The number of fused-ring (bicyclic) bond motifs is 1. The molecule has 1 heterocycles. The van der Waals surface area contributed by atoms with Gasteiger partial charge in [-0.1, -0.05) is 49.6 Å². The number of hydrogen-bond acceptors (Lipinski definition) is 3. The molecule has 0 bridgehead atoms. The van der Waals surface area contributed by atoms with Crippen molar-refractivity contribution in [3.8, 4) is 0 Å². The number of methoxy groups -OCH3 is 1. The molecule has 164 valence electrons. The standard InChI is InChI=1S/C25H29FN2O3/c1-31-16-15-28-24(30)21-8-4-3-7-20(21)22(25(28)13-5-2-6-14-25)23(29)27-17-18-9-11-19(26)12-10-18/h3-4,7-12,22H,2,5-6,13-17H2,1H3,(H,27,29)/t22-/m0/s1. The molecule has 2 aromatic rings. The van der Waals surface area contributed by atoms with Crippen LogP contribution in [0.4, 0.5) is 4.39 Å². The lowest BCUT2D eigenvalue weighted by atomic mass is 9.65. The summed E-state index contributed by atoms with van der Waals surface area (Å²) in [4.78, 5) is 29.0. The molecule has 0 saturated heterocycles. The van der Waals surface area contributed by atoms with Gasteiger partial charge < -0.3 is 15.0 Å². The summed E-state index contributed by atoms with van der Waals surface area (Å²) >= 11 is 0. The Balaban J connectivity index is 1.70. The molecule has 1 saturated carbocycles. The van der Waals surface area contributed by atoms with E-state index >= 15 is 0 Å². The molecule has 1 fully saturated rings. The average molecular weight is 425 g/mol. The first-order valence-electron chi connectivity index (χ1n) is 11.0. The lowest BCUT2D eigenvalue weighted by molar-refractivity contribution is -0.127. The summed E-state index contributed by atoms with van der Waals surface area (Å²) in [6.45, 7) is 1.21. The highest BCUT2D eigenvalue weighted by molar-refractivity contribution is 6.02. The Hall–Kier alpha value is -2.73. The molecule has 6 heteroatoms. The number of rotatable bonds is 6. The van der Waals surface area contributed by atoms with Crippen LogP contribution in [0.2, 0.25) is 0 Å². The second-order valence-corrected chi connectivity index (χ2v) is 8.48. The number of hydrogen-bond donors (Lipinski definition) is 1. The van der Waals surface area contributed by atoms with Crippen LogP contribution in [-0.2, 0) is 16.1 Å². The topological polar surface area (TPSA) is 58.6 Å². The maximum absolute atomic E-state index is 13.6. The third kappa shape index (κ3) is 4.09. The van der Waals surface area contributed by atoms with E-state index in [2.05, 4.69) is 5.32 Å². The predicted octanol–water partition coefficient (Wildman–Crippen LogP) is 4.03. The molecule has 5 nitrogen and oxygen atoms in total. The van der Waals surface area contributed by atoms with Crippen LogP contribution in [0.15, 0.2) is 48.5 Å². The van der Waals surface area contributed by atoms with Crippen molar-refractivity contribution in [2.45, 2.75) is 50.1 Å². The fourth-order valence-corrected chi connectivity index (χ4v) is 5.24. The molecule has 0 unspecified atom stereocenters. The van der Waals surface area contributed by atoms with E-state index < -0.39 is 11.5 Å². The number of benzene rings is 2. The normalized spacial score (nSPS) is 19.9. The van der Waals surface area contributed by atoms with E-state index in [9.17, 15) is 14.0 Å². The molecule has 1 atom stereocenters. The molecule has 0 radical (unpaired) electrons. The van der Waals surface area contributed by atoms with Crippen molar-refractivity contribution in [3.63, 3.8) is 0 Å². The van der Waals surface area contributed by atoms with E-state index in [4.69, 9.17) is 4.74 Å². The minimum absolute atomic E-state index is 0.0165. The van der Waals surface area contributed by atoms with Crippen molar-refractivity contribution < 1.29 is 18.7 Å². The Morgan fingerprint density at radius 1 is 1.13 bits per heavy atom. The first kappa shape index (κ1) is 21.5. The van der Waals surface area contributed by atoms with Crippen LogP contribution in [0.5, 0.6) is 0 Å². The average Bonchev–Trinajstić information content (AvgIpc) is 2.79. The third-order valence-electron chi connectivity index (χ3n) is 6.70. The largest absolute Gasteiger partial charge is 0.383 e. The van der Waals surface area contributed by atoms with E-state index in [0.717, 1.165) is 43.2 Å². The zero-order valence-corrected chi connectivity index (χ0v) is 17.9. The van der Waals surface area contributed by atoms with E-state index in [-0.39, 0.29) is 17.6 Å². The van der Waals surface area contributed by atoms with Gasteiger partial charge in [-0.25, -0.2) is 4.39 Å². The smallest absolute Gasteiger partial charge is 0.254 e. The van der Waals surface area contributed by atoms with Gasteiger partial charge in [0.25, 0.3) is 5.91 Å². The van der Waals surface area contributed by atoms with E-state index in [1.54, 1.807) is 19.2 Å². The molecule has 1 N–H and O–H groups in total. The van der Waals surface area contributed by atoms with Crippen LogP contribution in [0, 0.1) is 5.82 Å². The fourth-order valence-electron chi connectivity index (χ4n) is 5.24. The molecule has 31 heavy (non-hydrogen) atoms. The summed E-state index contributed by atoms with van der Waals surface area (Å²) in [7, 11) is 1.63. The molecule has 1 aliphatic heterocycles. The maximum atomic E-state index is 13.6. The predicted molar refractivity (Wildman–Crippen MR) is 116 cm³/mol. The SMILES string of the molecule is COCCN1C(=O)c2ccccc2[C@@H](C(=O)NCc2ccc(F)cc2)C12CCCCC2. The van der Waals surface area contributed by atoms with Crippen LogP contribution in [0.3, 0.4) is 0 Å². The highest BCUT2D eigenvalue weighted by Gasteiger charge is 2.54. The van der Waals surface area contributed by atoms with Crippen LogP contribution in [-0.4, -0.2) is 42.5 Å². The number of nitrogens with one attached hydrogen (secondary N) is 1. The molecule has 1 spiro atoms. The Kier molecular flexibility index (Phi) is 6.37. The molecule has 4 rings (SSSR count). The van der Waals surface area contributed by atoms with Crippen LogP contribution >= 0.6 is 0 Å². The summed E-state index contributed by atoms with van der Waals surface area (Å²) in [6.07, 6.45) is 4.68. The number of carbonyl (C=O) groups is 2. The second-order valence-electron chi connectivity index (χ2n) is 8.48. The molecule has 2 aromatic carbocycles. The Morgan fingerprint density at radius 3 is 2.55 bits per heavy atom. The van der Waals surface area contributed by atoms with E-state index in [0.29, 0.717) is 25.3 Å². The molecule has 0 aromatic heterocycles. The molecular weight excluding hydrogens is 395 g/mol. The van der Waals surface area contributed by atoms with Gasteiger partial charge in [-0.15, -0.1) is 0 Å². The molecule has 1 aliphatic carbocycles. The Morgan fingerprint density at radius 2 is 1.84 bits per heavy atom. The molecule has 2 aliphatic rings. The zero-order chi connectivity index (χ0) is 21.8. The number of amides is 2. The van der Waals surface area contributed by atoms with Crippen LogP contribution in [0.25, 0.3) is 0 Å². The van der Waals surface area contributed by atoms with Gasteiger partial charge in [0, 0.05) is 25.8 Å². The van der Waals surface area contributed by atoms with Crippen molar-refractivity contribution in [2.24, 2.45) is 0 Å². The van der Waals surface area contributed by atoms with Gasteiger partial charge >= 0.3 is 0 Å². The Bertz CT molecular complexity index is 938. The molecular formula is C25H29FN2O3. The molecule has 2 amide bonds. The first-order valence-corrected chi connectivity index (χ1v) is 11.0. The number of ether oxygens (including phenoxy) is 1. The second kappa shape index (κ2) is 9.18. The maximum Gasteiger partial charge on any atom is 0.254 e. The minimum atomic E-state index is -0.547. The lowest BCUT2D eigenvalue weighted by Gasteiger charge is -2.53. The van der Waals surface area contributed by atoms with Crippen molar-refractivity contribution in [3.05, 3.63) is 71.0 Å². The summed E-state index contributed by atoms with van der Waals surface area (Å²) in [5.74, 6) is -0.852. The minimum Gasteiger partial charge on any atom is -0.383 e. The number of halogens is 1. The summed E-state index contributed by atoms with van der Waals surface area (Å²) in [5.41, 5.74) is 1.69. The van der Waals surface area contributed by atoms with Crippen molar-refractivity contribution in [1.29, 1.82) is 0 Å². The van der Waals surface area contributed by atoms with Crippen molar-refractivity contribution in [2.75, 3.05) is 20.3 Å². The van der Waals surface area contributed by atoms with Gasteiger partial charge in [-0.3, -0.25) is 9.59 Å². The monoisotopic (exact) mass is 424 g/mol. The van der Waals surface area contributed by atoms with Gasteiger partial charge in [0.05, 0.1) is 18.1 Å². The summed E-state index contributed by atoms with van der Waals surface area (Å²) in [5, 5.41) is 3.06. The highest BCUT2D eigenvalue weighted by atomic mass is 19.1.